The van der Waals surface area contributed by atoms with Crippen LogP contribution in [-0.4, -0.2) is 26.6 Å². The number of carbonyl (C=O) groups excluding carboxylic acids is 1. The van der Waals surface area contributed by atoms with Crippen molar-refractivity contribution in [3.8, 4) is 0 Å². The van der Waals surface area contributed by atoms with Gasteiger partial charge in [-0.25, -0.2) is 13.6 Å². The molecule has 0 aromatic carbocycles. The quantitative estimate of drug-likeness (QED) is 0.697. The van der Waals surface area contributed by atoms with E-state index >= 15 is 0 Å². The van der Waals surface area contributed by atoms with Crippen molar-refractivity contribution in [2.24, 2.45) is 5.14 Å². The maximum absolute atomic E-state index is 11.2. The normalized spacial score (nSPS) is 11.2. The van der Waals surface area contributed by atoms with Crippen molar-refractivity contribution in [3.63, 3.8) is 0 Å². The molecule has 14 heavy (non-hydrogen) atoms. The zero-order valence-corrected chi connectivity index (χ0v) is 8.08. The number of primary sulfonamides is 1. The fourth-order valence-electron chi connectivity index (χ4n) is 0.802. The molecule has 6 nitrogen and oxygen atoms in total. The summed E-state index contributed by atoms with van der Waals surface area (Å²) in [5, 5.41) is 7.09. The summed E-state index contributed by atoms with van der Waals surface area (Å²) in [6, 6.07) is 3.04. The first kappa shape index (κ1) is 10.7. The van der Waals surface area contributed by atoms with Crippen molar-refractivity contribution < 1.29 is 17.6 Å². The molecule has 0 bridgehead atoms. The Bertz CT molecular complexity index is 395. The molecule has 7 heteroatoms. The van der Waals surface area contributed by atoms with Crippen molar-refractivity contribution in [1.82, 2.24) is 5.32 Å². The van der Waals surface area contributed by atoms with Crippen molar-refractivity contribution in [1.29, 1.82) is 0 Å². The molecule has 1 amide bonds. The fraction of sp³-hybridized carbons (Fsp3) is 0.286. The SMILES string of the molecule is NS(=O)(=O)CCNC(=O)c1ccco1. The van der Waals surface area contributed by atoms with Gasteiger partial charge in [0.05, 0.1) is 12.0 Å². The molecule has 1 rings (SSSR count). The van der Waals surface area contributed by atoms with Crippen molar-refractivity contribution in [2.75, 3.05) is 12.3 Å². The highest BCUT2D eigenvalue weighted by Gasteiger charge is 2.08. The van der Waals surface area contributed by atoms with Gasteiger partial charge in [0.25, 0.3) is 5.91 Å². The molecule has 1 aromatic heterocycles. The van der Waals surface area contributed by atoms with Gasteiger partial charge in [-0.15, -0.1) is 0 Å². The third-order valence-electron chi connectivity index (χ3n) is 1.42. The van der Waals surface area contributed by atoms with Crippen LogP contribution < -0.4 is 10.5 Å². The van der Waals surface area contributed by atoms with E-state index in [1.165, 1.54) is 12.3 Å². The minimum Gasteiger partial charge on any atom is -0.459 e. The third-order valence-corrected chi connectivity index (χ3v) is 2.19. The molecule has 0 atom stereocenters. The molecular formula is C7H10N2O4S. The average molecular weight is 218 g/mol. The lowest BCUT2D eigenvalue weighted by molar-refractivity contribution is 0.0928. The summed E-state index contributed by atoms with van der Waals surface area (Å²) in [5.41, 5.74) is 0. The second-order valence-electron chi connectivity index (χ2n) is 2.60. The largest absolute Gasteiger partial charge is 0.459 e. The highest BCUT2D eigenvalue weighted by Crippen LogP contribution is 1.98. The molecule has 0 unspecified atom stereocenters. The molecule has 0 saturated carbocycles. The lowest BCUT2D eigenvalue weighted by Gasteiger charge is -2.00. The Balaban J connectivity index is 2.37. The van der Waals surface area contributed by atoms with E-state index in [1.54, 1.807) is 6.07 Å². The van der Waals surface area contributed by atoms with Crippen LogP contribution in [0.15, 0.2) is 22.8 Å². The zero-order chi connectivity index (χ0) is 10.6. The second kappa shape index (κ2) is 4.25. The fourth-order valence-corrected chi connectivity index (χ4v) is 1.19. The summed E-state index contributed by atoms with van der Waals surface area (Å²) >= 11 is 0. The first-order chi connectivity index (χ1) is 6.49. The Hall–Kier alpha value is -1.34. The Kier molecular flexibility index (Phi) is 3.26. The minimum absolute atomic E-state index is 0.0294. The maximum atomic E-state index is 11.2. The van der Waals surface area contributed by atoms with Gasteiger partial charge in [0.15, 0.2) is 5.76 Å². The average Bonchev–Trinajstić information content (AvgIpc) is 2.53. The van der Waals surface area contributed by atoms with Gasteiger partial charge in [-0.3, -0.25) is 4.79 Å². The van der Waals surface area contributed by atoms with Crippen LogP contribution in [0.2, 0.25) is 0 Å². The number of furan rings is 1. The summed E-state index contributed by atoms with van der Waals surface area (Å²) in [6.45, 7) is -0.0294. The van der Waals surface area contributed by atoms with E-state index in [0.29, 0.717) is 0 Å². The van der Waals surface area contributed by atoms with Crippen LogP contribution in [0.25, 0.3) is 0 Å². The van der Waals surface area contributed by atoms with Gasteiger partial charge in [-0.05, 0) is 12.1 Å². The van der Waals surface area contributed by atoms with Crippen LogP contribution >= 0.6 is 0 Å². The molecule has 0 aliphatic rings. The Morgan fingerprint density at radius 3 is 2.79 bits per heavy atom. The number of sulfonamides is 1. The number of amides is 1. The van der Waals surface area contributed by atoms with Crippen LogP contribution in [0.3, 0.4) is 0 Å². The van der Waals surface area contributed by atoms with Crippen molar-refractivity contribution in [2.45, 2.75) is 0 Å². The molecule has 0 aliphatic carbocycles. The third kappa shape index (κ3) is 3.58. The minimum atomic E-state index is -3.53. The number of rotatable bonds is 4. The van der Waals surface area contributed by atoms with E-state index in [9.17, 15) is 13.2 Å². The van der Waals surface area contributed by atoms with E-state index in [-0.39, 0.29) is 18.1 Å². The monoisotopic (exact) mass is 218 g/mol. The van der Waals surface area contributed by atoms with E-state index in [0.717, 1.165) is 0 Å². The Morgan fingerprint density at radius 1 is 1.57 bits per heavy atom. The van der Waals surface area contributed by atoms with Crippen LogP contribution in [0, 0.1) is 0 Å². The van der Waals surface area contributed by atoms with Crippen LogP contribution in [-0.2, 0) is 10.0 Å². The van der Waals surface area contributed by atoms with Crippen LogP contribution in [0.5, 0.6) is 0 Å². The lowest BCUT2D eigenvalue weighted by Crippen LogP contribution is -2.31. The molecule has 78 valence electrons. The van der Waals surface area contributed by atoms with Gasteiger partial charge in [0.2, 0.25) is 10.0 Å². The molecule has 0 spiro atoms. The molecule has 1 aromatic rings. The van der Waals surface area contributed by atoms with Gasteiger partial charge in [-0.1, -0.05) is 0 Å². The number of nitrogens with two attached hydrogens (primary N) is 1. The number of hydrogen-bond donors (Lipinski definition) is 2. The topological polar surface area (TPSA) is 102 Å². The van der Waals surface area contributed by atoms with Gasteiger partial charge in [0.1, 0.15) is 0 Å². The van der Waals surface area contributed by atoms with E-state index in [1.807, 2.05) is 0 Å². The summed E-state index contributed by atoms with van der Waals surface area (Å²) in [6.07, 6.45) is 1.36. The Labute approximate surface area is 81.1 Å². The first-order valence-electron chi connectivity index (χ1n) is 3.81. The lowest BCUT2D eigenvalue weighted by atomic mass is 10.4. The summed E-state index contributed by atoms with van der Waals surface area (Å²) < 4.78 is 25.8. The van der Waals surface area contributed by atoms with E-state index < -0.39 is 15.9 Å². The van der Waals surface area contributed by atoms with Gasteiger partial charge >= 0.3 is 0 Å². The first-order valence-corrected chi connectivity index (χ1v) is 5.53. The van der Waals surface area contributed by atoms with Crippen molar-refractivity contribution in [3.05, 3.63) is 24.2 Å². The molecular weight excluding hydrogens is 208 g/mol. The molecule has 0 aliphatic heterocycles. The van der Waals surface area contributed by atoms with Crippen molar-refractivity contribution >= 4 is 15.9 Å². The molecule has 0 radical (unpaired) electrons. The van der Waals surface area contributed by atoms with Gasteiger partial charge in [0, 0.05) is 6.54 Å². The van der Waals surface area contributed by atoms with E-state index in [2.05, 4.69) is 5.32 Å². The smallest absolute Gasteiger partial charge is 0.287 e. The molecule has 0 fully saturated rings. The van der Waals surface area contributed by atoms with Crippen LogP contribution in [0.4, 0.5) is 0 Å². The molecule has 3 N–H and O–H groups in total. The Morgan fingerprint density at radius 2 is 2.29 bits per heavy atom. The highest BCUT2D eigenvalue weighted by atomic mass is 32.2. The number of hydrogen-bond acceptors (Lipinski definition) is 4. The zero-order valence-electron chi connectivity index (χ0n) is 7.26. The standard InChI is InChI=1S/C7H10N2O4S/c8-14(11,12)5-3-9-7(10)6-2-1-4-13-6/h1-2,4H,3,5H2,(H,9,10)(H2,8,11,12). The highest BCUT2D eigenvalue weighted by molar-refractivity contribution is 7.89. The summed E-state index contributed by atoms with van der Waals surface area (Å²) in [5.74, 6) is -0.613. The number of nitrogens with one attached hydrogen (secondary N) is 1. The summed E-state index contributed by atoms with van der Waals surface area (Å²) in [7, 11) is -3.53. The predicted octanol–water partition coefficient (Wildman–Crippen LogP) is -0.702. The predicted molar refractivity (Wildman–Crippen MR) is 49.0 cm³/mol. The second-order valence-corrected chi connectivity index (χ2v) is 4.33. The maximum Gasteiger partial charge on any atom is 0.287 e. The van der Waals surface area contributed by atoms with E-state index in [4.69, 9.17) is 9.56 Å². The van der Waals surface area contributed by atoms with Crippen LogP contribution in [0.1, 0.15) is 10.6 Å². The summed E-state index contributed by atoms with van der Waals surface area (Å²) in [4.78, 5) is 11.2. The van der Waals surface area contributed by atoms with Gasteiger partial charge < -0.3 is 9.73 Å². The van der Waals surface area contributed by atoms with Gasteiger partial charge in [-0.2, -0.15) is 0 Å². The molecule has 1 heterocycles. The number of carbonyl (C=O) groups is 1. The molecule has 0 saturated heterocycles.